The zero-order valence-corrected chi connectivity index (χ0v) is 11.9. The molecule has 1 aliphatic carbocycles. The molecule has 3 rings (SSSR count). The summed E-state index contributed by atoms with van der Waals surface area (Å²) in [4.78, 5) is 13.2. The number of aromatic nitrogens is 3. The zero-order chi connectivity index (χ0) is 14.1. The summed E-state index contributed by atoms with van der Waals surface area (Å²) in [7, 11) is 0. The molecule has 1 saturated carbocycles. The Labute approximate surface area is 118 Å². The van der Waals surface area contributed by atoms with Gasteiger partial charge in [-0.3, -0.25) is 4.90 Å². The molecule has 1 saturated heterocycles. The monoisotopic (exact) mass is 278 g/mol. The maximum atomic E-state index is 10.8. The molecule has 0 spiro atoms. The summed E-state index contributed by atoms with van der Waals surface area (Å²) in [5.41, 5.74) is 0.0321. The molecule has 110 valence electrons. The lowest BCUT2D eigenvalue weighted by Crippen LogP contribution is -2.49. The van der Waals surface area contributed by atoms with Gasteiger partial charge in [-0.2, -0.15) is 0 Å². The van der Waals surface area contributed by atoms with Crippen LogP contribution >= 0.6 is 0 Å². The number of hydrogen-bond donors (Lipinski definition) is 1. The quantitative estimate of drug-likeness (QED) is 0.907. The van der Waals surface area contributed by atoms with Crippen LogP contribution in [-0.2, 0) is 0 Å². The SMILES string of the molecule is CC1CCC(CN2CC(n3cc(C(=O)O)nn3)C2)CC1. The smallest absolute Gasteiger partial charge is 0.358 e. The van der Waals surface area contributed by atoms with Gasteiger partial charge in [0, 0.05) is 19.6 Å². The summed E-state index contributed by atoms with van der Waals surface area (Å²) in [5.74, 6) is 0.737. The van der Waals surface area contributed by atoms with Gasteiger partial charge < -0.3 is 5.11 Å². The number of carboxylic acid groups (broad SMARTS) is 1. The van der Waals surface area contributed by atoms with Gasteiger partial charge in [-0.25, -0.2) is 9.48 Å². The standard InChI is InChI=1S/C14H22N4O2/c1-10-2-4-11(5-3-10)6-17-7-12(8-17)18-9-13(14(19)20)15-16-18/h9-12H,2-8H2,1H3,(H,19,20). The third kappa shape index (κ3) is 2.85. The van der Waals surface area contributed by atoms with Crippen molar-refractivity contribution >= 4 is 5.97 Å². The molecule has 2 heterocycles. The van der Waals surface area contributed by atoms with Gasteiger partial charge in [-0.1, -0.05) is 25.0 Å². The molecule has 0 bridgehead atoms. The summed E-state index contributed by atoms with van der Waals surface area (Å²) < 4.78 is 1.70. The number of rotatable bonds is 4. The average Bonchev–Trinajstić information content (AvgIpc) is 2.85. The van der Waals surface area contributed by atoms with E-state index in [1.165, 1.54) is 38.4 Å². The predicted octanol–water partition coefficient (Wildman–Crippen LogP) is 1.66. The van der Waals surface area contributed by atoms with Gasteiger partial charge >= 0.3 is 5.97 Å². The molecule has 1 aromatic heterocycles. The van der Waals surface area contributed by atoms with E-state index >= 15 is 0 Å². The molecular formula is C14H22N4O2. The van der Waals surface area contributed by atoms with Crippen molar-refractivity contribution in [2.45, 2.75) is 38.6 Å². The first-order chi connectivity index (χ1) is 9.61. The van der Waals surface area contributed by atoms with Crippen LogP contribution in [0, 0.1) is 11.8 Å². The predicted molar refractivity (Wildman–Crippen MR) is 73.6 cm³/mol. The summed E-state index contributed by atoms with van der Waals surface area (Å²) in [5, 5.41) is 16.4. The van der Waals surface area contributed by atoms with Crippen molar-refractivity contribution in [1.29, 1.82) is 0 Å². The van der Waals surface area contributed by atoms with Crippen LogP contribution < -0.4 is 0 Å². The van der Waals surface area contributed by atoms with Crippen LogP contribution in [0.5, 0.6) is 0 Å². The first kappa shape index (κ1) is 13.5. The molecule has 0 unspecified atom stereocenters. The van der Waals surface area contributed by atoms with Gasteiger partial charge in [0.2, 0.25) is 0 Å². The Bertz CT molecular complexity index is 473. The highest BCUT2D eigenvalue weighted by Gasteiger charge is 2.31. The lowest BCUT2D eigenvalue weighted by molar-refractivity contribution is 0.0675. The Balaban J connectivity index is 1.45. The van der Waals surface area contributed by atoms with E-state index in [2.05, 4.69) is 22.1 Å². The second-order valence-electron chi connectivity index (χ2n) is 6.39. The second-order valence-corrected chi connectivity index (χ2v) is 6.39. The average molecular weight is 278 g/mol. The van der Waals surface area contributed by atoms with E-state index in [1.54, 1.807) is 4.68 Å². The van der Waals surface area contributed by atoms with Crippen molar-refractivity contribution in [3.63, 3.8) is 0 Å². The number of nitrogens with zero attached hydrogens (tertiary/aromatic N) is 4. The van der Waals surface area contributed by atoms with E-state index < -0.39 is 5.97 Å². The summed E-state index contributed by atoms with van der Waals surface area (Å²) in [6.45, 7) is 5.47. The minimum absolute atomic E-state index is 0.0321. The van der Waals surface area contributed by atoms with E-state index in [-0.39, 0.29) is 11.7 Å². The van der Waals surface area contributed by atoms with Crippen LogP contribution in [-0.4, -0.2) is 50.6 Å². The molecular weight excluding hydrogens is 256 g/mol. The Morgan fingerprint density at radius 2 is 2.05 bits per heavy atom. The van der Waals surface area contributed by atoms with Crippen molar-refractivity contribution in [3.8, 4) is 0 Å². The van der Waals surface area contributed by atoms with Crippen molar-refractivity contribution in [1.82, 2.24) is 19.9 Å². The highest BCUT2D eigenvalue weighted by Crippen LogP contribution is 2.31. The third-order valence-corrected chi connectivity index (χ3v) is 4.69. The van der Waals surface area contributed by atoms with Crippen molar-refractivity contribution in [2.24, 2.45) is 11.8 Å². The fraction of sp³-hybridized carbons (Fsp3) is 0.786. The molecule has 0 radical (unpaired) electrons. The van der Waals surface area contributed by atoms with Crippen LogP contribution in [0.15, 0.2) is 6.20 Å². The maximum Gasteiger partial charge on any atom is 0.358 e. The molecule has 1 aliphatic heterocycles. The Hall–Kier alpha value is -1.43. The Kier molecular flexibility index (Phi) is 3.74. The third-order valence-electron chi connectivity index (χ3n) is 4.69. The van der Waals surface area contributed by atoms with Gasteiger partial charge in [-0.05, 0) is 24.7 Å². The molecule has 6 nitrogen and oxygen atoms in total. The molecule has 2 fully saturated rings. The molecule has 0 amide bonds. The van der Waals surface area contributed by atoms with Gasteiger partial charge in [0.05, 0.1) is 12.2 Å². The normalized spacial score (nSPS) is 28.2. The zero-order valence-electron chi connectivity index (χ0n) is 11.9. The van der Waals surface area contributed by atoms with Crippen LogP contribution in [0.3, 0.4) is 0 Å². The van der Waals surface area contributed by atoms with Crippen LogP contribution in [0.2, 0.25) is 0 Å². The van der Waals surface area contributed by atoms with Crippen LogP contribution in [0.1, 0.15) is 49.1 Å². The largest absolute Gasteiger partial charge is 0.476 e. The molecule has 0 aromatic carbocycles. The molecule has 0 atom stereocenters. The van der Waals surface area contributed by atoms with Crippen molar-refractivity contribution in [2.75, 3.05) is 19.6 Å². The Morgan fingerprint density at radius 3 is 2.65 bits per heavy atom. The molecule has 1 N–H and O–H groups in total. The van der Waals surface area contributed by atoms with E-state index in [4.69, 9.17) is 5.11 Å². The molecule has 2 aliphatic rings. The number of carbonyl (C=O) groups is 1. The van der Waals surface area contributed by atoms with Gasteiger partial charge in [0.15, 0.2) is 5.69 Å². The van der Waals surface area contributed by atoms with Crippen LogP contribution in [0.4, 0.5) is 0 Å². The number of carboxylic acids is 1. The van der Waals surface area contributed by atoms with E-state index in [0.29, 0.717) is 0 Å². The van der Waals surface area contributed by atoms with E-state index in [0.717, 1.165) is 24.9 Å². The number of hydrogen-bond acceptors (Lipinski definition) is 4. The van der Waals surface area contributed by atoms with E-state index in [9.17, 15) is 4.79 Å². The molecule has 6 heteroatoms. The summed E-state index contributed by atoms with van der Waals surface area (Å²) in [6.07, 6.45) is 6.98. The second kappa shape index (κ2) is 5.52. The summed E-state index contributed by atoms with van der Waals surface area (Å²) in [6, 6.07) is 0.290. The molecule has 1 aromatic rings. The highest BCUT2D eigenvalue weighted by atomic mass is 16.4. The molecule has 20 heavy (non-hydrogen) atoms. The number of aromatic carboxylic acids is 1. The van der Waals surface area contributed by atoms with Gasteiger partial charge in [-0.15, -0.1) is 5.10 Å². The van der Waals surface area contributed by atoms with E-state index in [1.807, 2.05) is 0 Å². The van der Waals surface area contributed by atoms with Crippen molar-refractivity contribution in [3.05, 3.63) is 11.9 Å². The first-order valence-corrected chi connectivity index (χ1v) is 7.49. The van der Waals surface area contributed by atoms with Crippen molar-refractivity contribution < 1.29 is 9.90 Å². The number of likely N-dealkylation sites (tertiary alicyclic amines) is 1. The van der Waals surface area contributed by atoms with Gasteiger partial charge in [0.25, 0.3) is 0 Å². The first-order valence-electron chi connectivity index (χ1n) is 7.49. The van der Waals surface area contributed by atoms with Crippen LogP contribution in [0.25, 0.3) is 0 Å². The Morgan fingerprint density at radius 1 is 1.35 bits per heavy atom. The minimum atomic E-state index is -1.01. The highest BCUT2D eigenvalue weighted by molar-refractivity contribution is 5.84. The maximum absolute atomic E-state index is 10.8. The lowest BCUT2D eigenvalue weighted by atomic mass is 9.82. The fourth-order valence-corrected chi connectivity index (χ4v) is 3.29. The van der Waals surface area contributed by atoms with Gasteiger partial charge in [0.1, 0.15) is 0 Å². The fourth-order valence-electron chi connectivity index (χ4n) is 3.29. The lowest BCUT2D eigenvalue weighted by Gasteiger charge is -2.41. The summed E-state index contributed by atoms with van der Waals surface area (Å²) >= 11 is 0. The minimum Gasteiger partial charge on any atom is -0.476 e. The topological polar surface area (TPSA) is 71.2 Å².